The van der Waals surface area contributed by atoms with Crippen molar-refractivity contribution in [2.75, 3.05) is 12.3 Å². The van der Waals surface area contributed by atoms with Crippen molar-refractivity contribution in [1.29, 1.82) is 0 Å². The maximum absolute atomic E-state index is 13.7. The van der Waals surface area contributed by atoms with Crippen molar-refractivity contribution in [2.45, 2.75) is 37.4 Å². The zero-order valence-electron chi connectivity index (χ0n) is 16.5. The Hall–Kier alpha value is -2.38. The largest absolute Gasteiger partial charge is 0.339 e. The highest BCUT2D eigenvalue weighted by molar-refractivity contribution is 7.99. The second-order valence-electron chi connectivity index (χ2n) is 7.37. The number of fused-ring (bicyclic) bond motifs is 1. The first kappa shape index (κ1) is 20.9. The smallest absolute Gasteiger partial charge is 0.266 e. The summed E-state index contributed by atoms with van der Waals surface area (Å²) in [4.78, 5) is 32.5. The minimum absolute atomic E-state index is 0.0262. The topological polar surface area (TPSA) is 55.2 Å². The standard InChI is InChI=1S/C22H21ClFN3O2S/c1-14-6-4-5-11-26(14)20(28)13-30-22-25-19-8-3-2-7-16(19)21(29)27(22)15-9-10-18(24)17(23)12-15/h2-3,7-10,12,14H,4-6,11,13H2,1H3. The lowest BCUT2D eigenvalue weighted by atomic mass is 10.0. The molecule has 1 fully saturated rings. The van der Waals surface area contributed by atoms with Crippen molar-refractivity contribution >= 4 is 40.2 Å². The van der Waals surface area contributed by atoms with Gasteiger partial charge in [0, 0.05) is 12.6 Å². The molecule has 3 aromatic rings. The Labute approximate surface area is 182 Å². The van der Waals surface area contributed by atoms with Gasteiger partial charge in [0.15, 0.2) is 5.16 Å². The molecule has 1 atom stereocenters. The first-order chi connectivity index (χ1) is 14.5. The van der Waals surface area contributed by atoms with Gasteiger partial charge in [-0.3, -0.25) is 14.2 Å². The molecule has 0 radical (unpaired) electrons. The van der Waals surface area contributed by atoms with Gasteiger partial charge < -0.3 is 4.90 Å². The second kappa shape index (κ2) is 8.78. The molecule has 2 heterocycles. The van der Waals surface area contributed by atoms with Gasteiger partial charge in [0.05, 0.1) is 27.4 Å². The van der Waals surface area contributed by atoms with E-state index in [0.29, 0.717) is 21.7 Å². The molecule has 1 amide bonds. The van der Waals surface area contributed by atoms with Gasteiger partial charge in [0.2, 0.25) is 5.91 Å². The van der Waals surface area contributed by atoms with E-state index in [1.807, 2.05) is 11.0 Å². The van der Waals surface area contributed by atoms with Crippen molar-refractivity contribution < 1.29 is 9.18 Å². The number of nitrogens with zero attached hydrogens (tertiary/aromatic N) is 3. The molecule has 1 saturated heterocycles. The van der Waals surface area contributed by atoms with Crippen LogP contribution in [0.3, 0.4) is 0 Å². The molecule has 0 saturated carbocycles. The van der Waals surface area contributed by atoms with Crippen molar-refractivity contribution in [1.82, 2.24) is 14.5 Å². The monoisotopic (exact) mass is 445 g/mol. The van der Waals surface area contributed by atoms with Crippen LogP contribution in [0.25, 0.3) is 16.6 Å². The zero-order chi connectivity index (χ0) is 21.3. The molecular weight excluding hydrogens is 425 g/mol. The van der Waals surface area contributed by atoms with Gasteiger partial charge in [-0.05, 0) is 56.5 Å². The summed E-state index contributed by atoms with van der Waals surface area (Å²) in [7, 11) is 0. The maximum atomic E-state index is 13.7. The van der Waals surface area contributed by atoms with Gasteiger partial charge in [-0.1, -0.05) is 35.5 Å². The van der Waals surface area contributed by atoms with Crippen LogP contribution < -0.4 is 5.56 Å². The molecule has 0 N–H and O–H groups in total. The van der Waals surface area contributed by atoms with E-state index < -0.39 is 5.82 Å². The number of hydrogen-bond donors (Lipinski definition) is 0. The second-order valence-corrected chi connectivity index (χ2v) is 8.72. The van der Waals surface area contributed by atoms with E-state index in [1.165, 1.54) is 34.5 Å². The third-order valence-corrected chi connectivity index (χ3v) is 6.57. The Morgan fingerprint density at radius 3 is 2.83 bits per heavy atom. The summed E-state index contributed by atoms with van der Waals surface area (Å²) in [5.74, 6) is -0.367. The number of para-hydroxylation sites is 1. The Bertz CT molecular complexity index is 1170. The summed E-state index contributed by atoms with van der Waals surface area (Å²) >= 11 is 7.16. The quantitative estimate of drug-likeness (QED) is 0.432. The van der Waals surface area contributed by atoms with E-state index in [0.717, 1.165) is 25.8 Å². The molecule has 1 aliphatic rings. The van der Waals surface area contributed by atoms with Crippen LogP contribution in [0.5, 0.6) is 0 Å². The molecule has 156 valence electrons. The molecule has 1 aliphatic heterocycles. The minimum atomic E-state index is -0.564. The van der Waals surface area contributed by atoms with Crippen LogP contribution in [-0.4, -0.2) is 38.7 Å². The number of aromatic nitrogens is 2. The van der Waals surface area contributed by atoms with E-state index in [9.17, 15) is 14.0 Å². The zero-order valence-corrected chi connectivity index (χ0v) is 18.0. The van der Waals surface area contributed by atoms with Crippen LogP contribution in [0.4, 0.5) is 4.39 Å². The summed E-state index contributed by atoms with van der Waals surface area (Å²) in [6, 6.07) is 11.3. The van der Waals surface area contributed by atoms with Crippen LogP contribution in [0, 0.1) is 5.82 Å². The van der Waals surface area contributed by atoms with E-state index >= 15 is 0 Å². The number of likely N-dealkylation sites (tertiary alicyclic amines) is 1. The number of hydrogen-bond acceptors (Lipinski definition) is 4. The lowest BCUT2D eigenvalue weighted by Gasteiger charge is -2.33. The average Bonchev–Trinajstić information content (AvgIpc) is 2.74. The lowest BCUT2D eigenvalue weighted by Crippen LogP contribution is -2.43. The van der Waals surface area contributed by atoms with Crippen LogP contribution in [0.15, 0.2) is 52.4 Å². The summed E-state index contributed by atoms with van der Waals surface area (Å²) in [5.41, 5.74) is 0.670. The van der Waals surface area contributed by atoms with Crippen molar-refractivity contribution in [3.8, 4) is 5.69 Å². The predicted molar refractivity (Wildman–Crippen MR) is 118 cm³/mol. The van der Waals surface area contributed by atoms with Gasteiger partial charge in [-0.25, -0.2) is 9.37 Å². The highest BCUT2D eigenvalue weighted by atomic mass is 35.5. The average molecular weight is 446 g/mol. The number of piperidine rings is 1. The number of carbonyl (C=O) groups excluding carboxylic acids is 1. The first-order valence-electron chi connectivity index (χ1n) is 9.85. The van der Waals surface area contributed by atoms with E-state index in [-0.39, 0.29) is 28.3 Å². The van der Waals surface area contributed by atoms with Crippen molar-refractivity contribution in [3.05, 3.63) is 63.7 Å². The van der Waals surface area contributed by atoms with Crippen molar-refractivity contribution in [2.24, 2.45) is 0 Å². The van der Waals surface area contributed by atoms with Crippen LogP contribution in [-0.2, 0) is 4.79 Å². The Balaban J connectivity index is 1.73. The highest BCUT2D eigenvalue weighted by Gasteiger charge is 2.24. The first-order valence-corrected chi connectivity index (χ1v) is 11.2. The van der Waals surface area contributed by atoms with Crippen LogP contribution in [0.2, 0.25) is 5.02 Å². The Kier molecular flexibility index (Phi) is 6.11. The maximum Gasteiger partial charge on any atom is 0.266 e. The molecule has 2 aromatic carbocycles. The fourth-order valence-corrected chi connectivity index (χ4v) is 4.81. The molecule has 0 bridgehead atoms. The van der Waals surface area contributed by atoms with Gasteiger partial charge in [-0.2, -0.15) is 0 Å². The summed E-state index contributed by atoms with van der Waals surface area (Å²) < 4.78 is 15.1. The van der Waals surface area contributed by atoms with E-state index in [1.54, 1.807) is 18.2 Å². The van der Waals surface area contributed by atoms with E-state index in [4.69, 9.17) is 11.6 Å². The minimum Gasteiger partial charge on any atom is -0.339 e. The predicted octanol–water partition coefficient (Wildman–Crippen LogP) is 4.67. The number of halogens is 2. The number of benzene rings is 2. The molecule has 4 rings (SSSR count). The van der Waals surface area contributed by atoms with Gasteiger partial charge in [-0.15, -0.1) is 0 Å². The Morgan fingerprint density at radius 2 is 2.07 bits per heavy atom. The van der Waals surface area contributed by atoms with Gasteiger partial charge in [0.25, 0.3) is 5.56 Å². The van der Waals surface area contributed by atoms with Crippen LogP contribution in [0.1, 0.15) is 26.2 Å². The number of carbonyl (C=O) groups is 1. The van der Waals surface area contributed by atoms with E-state index in [2.05, 4.69) is 11.9 Å². The lowest BCUT2D eigenvalue weighted by molar-refractivity contribution is -0.131. The van der Waals surface area contributed by atoms with Crippen LogP contribution >= 0.6 is 23.4 Å². The number of thioether (sulfide) groups is 1. The normalized spacial score (nSPS) is 16.8. The molecule has 1 aromatic heterocycles. The molecule has 30 heavy (non-hydrogen) atoms. The third kappa shape index (κ3) is 4.09. The molecule has 0 aliphatic carbocycles. The van der Waals surface area contributed by atoms with Crippen molar-refractivity contribution in [3.63, 3.8) is 0 Å². The number of amides is 1. The Morgan fingerprint density at radius 1 is 1.27 bits per heavy atom. The summed E-state index contributed by atoms with van der Waals surface area (Å²) in [6.07, 6.45) is 3.15. The molecule has 8 heteroatoms. The highest BCUT2D eigenvalue weighted by Crippen LogP contribution is 2.25. The van der Waals surface area contributed by atoms with Gasteiger partial charge >= 0.3 is 0 Å². The fraction of sp³-hybridized carbons (Fsp3) is 0.318. The number of rotatable bonds is 4. The molecule has 0 spiro atoms. The SMILES string of the molecule is CC1CCCCN1C(=O)CSc1nc2ccccc2c(=O)n1-c1ccc(F)c(Cl)c1. The summed E-state index contributed by atoms with van der Waals surface area (Å²) in [6.45, 7) is 2.82. The molecule has 1 unspecified atom stereocenters. The molecular formula is C22H21ClFN3O2S. The molecule has 5 nitrogen and oxygen atoms in total. The van der Waals surface area contributed by atoms with Gasteiger partial charge in [0.1, 0.15) is 5.82 Å². The summed E-state index contributed by atoms with van der Waals surface area (Å²) in [5, 5.41) is 0.736. The third-order valence-electron chi connectivity index (χ3n) is 5.35. The fourth-order valence-electron chi connectivity index (χ4n) is 3.74.